The number of benzene rings is 2. The van der Waals surface area contributed by atoms with Crippen LogP contribution in [0, 0.1) is 0 Å². The summed E-state index contributed by atoms with van der Waals surface area (Å²) in [5.74, 6) is 0. The van der Waals surface area contributed by atoms with Crippen molar-refractivity contribution in [2.75, 3.05) is 0 Å². The maximum Gasteiger partial charge on any atom is 0.0630 e. The molecule has 4 aromatic rings. The Kier molecular flexibility index (Phi) is 5.50. The number of pyridine rings is 2. The van der Waals surface area contributed by atoms with Crippen LogP contribution in [0.3, 0.4) is 0 Å². The summed E-state index contributed by atoms with van der Waals surface area (Å²) in [7, 11) is 0. The van der Waals surface area contributed by atoms with Crippen molar-refractivity contribution in [1.82, 2.24) is 9.97 Å². The molecule has 0 spiro atoms. The Morgan fingerprint density at radius 2 is 0.857 bits per heavy atom. The molecule has 2 heterocycles. The number of hydrogen-bond donors (Lipinski definition) is 0. The standard InChI is InChI=1S/C26H20N2/c1-3-7-21(8-4-1)11-15-25-17-13-23(19-27-25)24-14-18-26(28-20-24)16-12-22-9-5-2-6-10-22/h1-20H/b15-11+,16-12+. The number of hydrogen-bond acceptors (Lipinski definition) is 2. The average molecular weight is 360 g/mol. The maximum absolute atomic E-state index is 4.54. The van der Waals surface area contributed by atoms with Gasteiger partial charge in [-0.25, -0.2) is 0 Å². The van der Waals surface area contributed by atoms with E-state index >= 15 is 0 Å². The predicted molar refractivity (Wildman–Crippen MR) is 118 cm³/mol. The summed E-state index contributed by atoms with van der Waals surface area (Å²) in [4.78, 5) is 9.08. The fourth-order valence-corrected chi connectivity index (χ4v) is 2.84. The van der Waals surface area contributed by atoms with Crippen LogP contribution in [0.2, 0.25) is 0 Å². The Balaban J connectivity index is 1.44. The van der Waals surface area contributed by atoms with Crippen LogP contribution in [0.1, 0.15) is 22.5 Å². The monoisotopic (exact) mass is 360 g/mol. The van der Waals surface area contributed by atoms with Gasteiger partial charge in [0.25, 0.3) is 0 Å². The van der Waals surface area contributed by atoms with E-state index in [9.17, 15) is 0 Å². The third-order valence-corrected chi connectivity index (χ3v) is 4.40. The van der Waals surface area contributed by atoms with Crippen LogP contribution in [0.4, 0.5) is 0 Å². The second kappa shape index (κ2) is 8.74. The van der Waals surface area contributed by atoms with Gasteiger partial charge in [0.05, 0.1) is 11.4 Å². The Morgan fingerprint density at radius 3 is 1.21 bits per heavy atom. The summed E-state index contributed by atoms with van der Waals surface area (Å²) in [5, 5.41) is 0. The highest BCUT2D eigenvalue weighted by molar-refractivity contribution is 5.71. The molecule has 4 rings (SSSR count). The maximum atomic E-state index is 4.54. The molecule has 0 bridgehead atoms. The van der Waals surface area contributed by atoms with Gasteiger partial charge in [0.15, 0.2) is 0 Å². The Bertz CT molecular complexity index is 972. The zero-order valence-corrected chi connectivity index (χ0v) is 15.4. The van der Waals surface area contributed by atoms with Gasteiger partial charge in [-0.3, -0.25) is 9.97 Å². The first-order valence-corrected chi connectivity index (χ1v) is 9.26. The molecule has 0 aliphatic carbocycles. The van der Waals surface area contributed by atoms with Crippen molar-refractivity contribution in [2.45, 2.75) is 0 Å². The van der Waals surface area contributed by atoms with Crippen LogP contribution in [-0.4, -0.2) is 9.97 Å². The van der Waals surface area contributed by atoms with E-state index in [4.69, 9.17) is 0 Å². The molecule has 0 amide bonds. The molecule has 0 aliphatic rings. The lowest BCUT2D eigenvalue weighted by molar-refractivity contribution is 1.27. The fourth-order valence-electron chi connectivity index (χ4n) is 2.84. The van der Waals surface area contributed by atoms with E-state index in [2.05, 4.69) is 58.5 Å². The highest BCUT2D eigenvalue weighted by Crippen LogP contribution is 2.19. The van der Waals surface area contributed by atoms with E-state index in [1.165, 1.54) is 0 Å². The summed E-state index contributed by atoms with van der Waals surface area (Å²) in [6, 6.07) is 28.7. The third kappa shape index (κ3) is 4.68. The Hall–Kier alpha value is -3.78. The van der Waals surface area contributed by atoms with Gasteiger partial charge in [0.2, 0.25) is 0 Å². The Labute approximate surface area is 165 Å². The quantitative estimate of drug-likeness (QED) is 0.407. The lowest BCUT2D eigenvalue weighted by atomic mass is 10.1. The second-order valence-corrected chi connectivity index (χ2v) is 6.43. The fraction of sp³-hybridized carbons (Fsp3) is 0. The van der Waals surface area contributed by atoms with E-state index in [-0.39, 0.29) is 0 Å². The highest BCUT2D eigenvalue weighted by atomic mass is 14.7. The van der Waals surface area contributed by atoms with Crippen LogP contribution in [0.5, 0.6) is 0 Å². The first-order chi connectivity index (χ1) is 13.9. The molecule has 0 unspecified atom stereocenters. The molecular formula is C26H20N2. The molecule has 28 heavy (non-hydrogen) atoms. The minimum atomic E-state index is 0.933. The normalized spacial score (nSPS) is 11.3. The van der Waals surface area contributed by atoms with Crippen LogP contribution in [0.15, 0.2) is 97.3 Å². The van der Waals surface area contributed by atoms with Crippen LogP contribution < -0.4 is 0 Å². The van der Waals surface area contributed by atoms with E-state index in [1.807, 2.05) is 73.1 Å². The van der Waals surface area contributed by atoms with Crippen molar-refractivity contribution in [3.63, 3.8) is 0 Å². The number of aromatic nitrogens is 2. The molecule has 2 nitrogen and oxygen atoms in total. The van der Waals surface area contributed by atoms with Crippen LogP contribution >= 0.6 is 0 Å². The van der Waals surface area contributed by atoms with Crippen molar-refractivity contribution in [1.29, 1.82) is 0 Å². The molecule has 0 saturated heterocycles. The van der Waals surface area contributed by atoms with E-state index < -0.39 is 0 Å². The van der Waals surface area contributed by atoms with Gasteiger partial charge in [0.1, 0.15) is 0 Å². The molecule has 0 atom stereocenters. The summed E-state index contributed by atoms with van der Waals surface area (Å²) in [6.07, 6.45) is 12.0. The summed E-state index contributed by atoms with van der Waals surface area (Å²) < 4.78 is 0. The first kappa shape index (κ1) is 17.6. The predicted octanol–water partition coefficient (Wildman–Crippen LogP) is 6.48. The van der Waals surface area contributed by atoms with Gasteiger partial charge in [-0.2, -0.15) is 0 Å². The molecule has 0 aliphatic heterocycles. The topological polar surface area (TPSA) is 25.8 Å². The third-order valence-electron chi connectivity index (χ3n) is 4.40. The largest absolute Gasteiger partial charge is 0.256 e. The minimum Gasteiger partial charge on any atom is -0.256 e. The SMILES string of the molecule is C(=C\c1ccc(-c2ccc(/C=C/c3ccccc3)nc2)cn1)/c1ccccc1. The lowest BCUT2D eigenvalue weighted by Gasteiger charge is -2.02. The van der Waals surface area contributed by atoms with Gasteiger partial charge in [-0.05, 0) is 35.4 Å². The zero-order chi connectivity index (χ0) is 19.0. The summed E-state index contributed by atoms with van der Waals surface area (Å²) in [6.45, 7) is 0. The highest BCUT2D eigenvalue weighted by Gasteiger charge is 1.99. The molecule has 0 N–H and O–H groups in total. The first-order valence-electron chi connectivity index (χ1n) is 9.26. The molecule has 0 fully saturated rings. The van der Waals surface area contributed by atoms with Crippen LogP contribution in [-0.2, 0) is 0 Å². The van der Waals surface area contributed by atoms with Crippen molar-refractivity contribution in [2.24, 2.45) is 0 Å². The van der Waals surface area contributed by atoms with Gasteiger partial charge in [-0.15, -0.1) is 0 Å². The van der Waals surface area contributed by atoms with Crippen molar-refractivity contribution in [3.8, 4) is 11.1 Å². The van der Waals surface area contributed by atoms with Crippen molar-refractivity contribution >= 4 is 24.3 Å². The summed E-state index contributed by atoms with van der Waals surface area (Å²) in [5.41, 5.74) is 6.31. The minimum absolute atomic E-state index is 0.933. The van der Waals surface area contributed by atoms with E-state index in [1.54, 1.807) is 0 Å². The molecule has 0 saturated carbocycles. The van der Waals surface area contributed by atoms with Gasteiger partial charge >= 0.3 is 0 Å². The van der Waals surface area contributed by atoms with E-state index in [0.717, 1.165) is 33.6 Å². The average Bonchev–Trinajstić information content (AvgIpc) is 2.78. The molecule has 2 aromatic heterocycles. The van der Waals surface area contributed by atoms with Crippen molar-refractivity contribution in [3.05, 3.63) is 120 Å². The molecule has 134 valence electrons. The molecule has 2 heteroatoms. The zero-order valence-electron chi connectivity index (χ0n) is 15.4. The van der Waals surface area contributed by atoms with Crippen molar-refractivity contribution < 1.29 is 0 Å². The second-order valence-electron chi connectivity index (χ2n) is 6.43. The number of rotatable bonds is 5. The molecule has 0 radical (unpaired) electrons. The smallest absolute Gasteiger partial charge is 0.0630 e. The van der Waals surface area contributed by atoms with E-state index in [0.29, 0.717) is 0 Å². The van der Waals surface area contributed by atoms with Crippen LogP contribution in [0.25, 0.3) is 35.4 Å². The van der Waals surface area contributed by atoms with Gasteiger partial charge in [-0.1, -0.05) is 84.9 Å². The Morgan fingerprint density at radius 1 is 0.429 bits per heavy atom. The van der Waals surface area contributed by atoms with Gasteiger partial charge in [0, 0.05) is 23.5 Å². The molecular weight excluding hydrogens is 340 g/mol. The van der Waals surface area contributed by atoms with Gasteiger partial charge < -0.3 is 0 Å². The lowest BCUT2D eigenvalue weighted by Crippen LogP contribution is -1.86. The molecule has 2 aromatic carbocycles. The number of nitrogens with zero attached hydrogens (tertiary/aromatic N) is 2. The summed E-state index contributed by atoms with van der Waals surface area (Å²) >= 11 is 0.